The van der Waals surface area contributed by atoms with E-state index in [1.807, 2.05) is 6.07 Å². The summed E-state index contributed by atoms with van der Waals surface area (Å²) in [5.74, 6) is -0.182. The van der Waals surface area contributed by atoms with E-state index in [1.165, 1.54) is 4.90 Å². The molecule has 2 bridgehead atoms. The summed E-state index contributed by atoms with van der Waals surface area (Å²) in [6.07, 6.45) is 1.95. The fraction of sp³-hybridized carbons (Fsp3) is 0.467. The van der Waals surface area contributed by atoms with Crippen molar-refractivity contribution in [2.45, 2.75) is 18.4 Å². The van der Waals surface area contributed by atoms with Gasteiger partial charge in [-0.05, 0) is 12.1 Å². The Morgan fingerprint density at radius 2 is 2.00 bits per heavy atom. The van der Waals surface area contributed by atoms with Crippen LogP contribution in [0.15, 0.2) is 30.3 Å². The number of nitrogens with zero attached hydrogens (tertiary/aromatic N) is 1. The van der Waals surface area contributed by atoms with Crippen molar-refractivity contribution in [3.63, 3.8) is 0 Å². The number of carbonyl (C=O) groups is 1. The molecular weight excluding hydrogens is 240 g/mol. The fourth-order valence-corrected chi connectivity index (χ4v) is 3.26. The lowest BCUT2D eigenvalue weighted by atomic mass is 9.76. The minimum absolute atomic E-state index is 0.197. The molecule has 3 aliphatic heterocycles. The maximum atomic E-state index is 12.2. The van der Waals surface area contributed by atoms with Gasteiger partial charge >= 0.3 is 5.97 Å². The highest BCUT2D eigenvalue weighted by Gasteiger charge is 2.53. The predicted octanol–water partition coefficient (Wildman–Crippen LogP) is 0.414. The molecule has 0 aliphatic carbocycles. The summed E-state index contributed by atoms with van der Waals surface area (Å²) < 4.78 is 5.63. The van der Waals surface area contributed by atoms with Gasteiger partial charge in [0.25, 0.3) is 0 Å². The highest BCUT2D eigenvalue weighted by molar-refractivity contribution is 5.89. The SMILES string of the molecule is N#CC1(OC(=O)c2ccccc2)C[NH+]2CCC1CC2. The molecule has 3 saturated heterocycles. The van der Waals surface area contributed by atoms with Crippen molar-refractivity contribution >= 4 is 5.97 Å². The molecule has 3 heterocycles. The second-order valence-corrected chi connectivity index (χ2v) is 5.46. The molecule has 3 aliphatic rings. The first kappa shape index (κ1) is 12.2. The Balaban J connectivity index is 1.81. The molecule has 1 aromatic carbocycles. The standard InChI is InChI=1S/C15H16N2O2/c16-10-15(11-17-8-6-13(15)7-9-17)19-14(18)12-4-2-1-3-5-12/h1-5,13H,6-9,11H2/p+1. The third-order valence-corrected chi connectivity index (χ3v) is 4.34. The van der Waals surface area contributed by atoms with Gasteiger partial charge in [0, 0.05) is 18.8 Å². The van der Waals surface area contributed by atoms with E-state index in [2.05, 4.69) is 6.07 Å². The topological polar surface area (TPSA) is 54.5 Å². The number of carbonyl (C=O) groups excluding carboxylic acids is 1. The summed E-state index contributed by atoms with van der Waals surface area (Å²) in [4.78, 5) is 13.6. The van der Waals surface area contributed by atoms with Gasteiger partial charge in [0.15, 0.2) is 0 Å². The van der Waals surface area contributed by atoms with Gasteiger partial charge in [-0.15, -0.1) is 0 Å². The maximum absolute atomic E-state index is 12.2. The van der Waals surface area contributed by atoms with E-state index in [0.717, 1.165) is 25.9 Å². The molecule has 0 amide bonds. The first-order valence-corrected chi connectivity index (χ1v) is 6.77. The Morgan fingerprint density at radius 3 is 2.53 bits per heavy atom. The van der Waals surface area contributed by atoms with Crippen molar-refractivity contribution in [3.8, 4) is 6.07 Å². The molecule has 4 nitrogen and oxygen atoms in total. The number of piperidine rings is 3. The van der Waals surface area contributed by atoms with Crippen molar-refractivity contribution in [1.82, 2.24) is 0 Å². The summed E-state index contributed by atoms with van der Waals surface area (Å²) in [7, 11) is 0. The molecule has 4 heteroatoms. The van der Waals surface area contributed by atoms with Gasteiger partial charge in [-0.25, -0.2) is 4.79 Å². The smallest absolute Gasteiger partial charge is 0.339 e. The lowest BCUT2D eigenvalue weighted by molar-refractivity contribution is -0.923. The minimum atomic E-state index is -0.918. The largest absolute Gasteiger partial charge is 0.434 e. The number of hydrogen-bond donors (Lipinski definition) is 1. The molecule has 1 aromatic rings. The van der Waals surface area contributed by atoms with Crippen LogP contribution in [0.25, 0.3) is 0 Å². The Morgan fingerprint density at radius 1 is 1.32 bits per heavy atom. The summed E-state index contributed by atoms with van der Waals surface area (Å²) >= 11 is 0. The Hall–Kier alpha value is -1.86. The average molecular weight is 257 g/mol. The summed E-state index contributed by atoms with van der Waals surface area (Å²) in [5.41, 5.74) is -0.401. The van der Waals surface area contributed by atoms with Crippen molar-refractivity contribution in [2.24, 2.45) is 5.92 Å². The number of hydrogen-bond acceptors (Lipinski definition) is 3. The third-order valence-electron chi connectivity index (χ3n) is 4.34. The number of nitrogens with one attached hydrogen (secondary N) is 1. The molecule has 1 unspecified atom stereocenters. The number of fused-ring (bicyclic) bond motifs is 3. The number of nitriles is 1. The van der Waals surface area contributed by atoms with Gasteiger partial charge in [-0.2, -0.15) is 5.26 Å². The van der Waals surface area contributed by atoms with Gasteiger partial charge in [-0.3, -0.25) is 0 Å². The van der Waals surface area contributed by atoms with E-state index in [9.17, 15) is 10.1 Å². The zero-order valence-corrected chi connectivity index (χ0v) is 10.8. The third kappa shape index (κ3) is 2.11. The average Bonchev–Trinajstić information content (AvgIpc) is 2.49. The minimum Gasteiger partial charge on any atom is -0.434 e. The zero-order valence-electron chi connectivity index (χ0n) is 10.8. The Labute approximate surface area is 112 Å². The van der Waals surface area contributed by atoms with Crippen LogP contribution in [-0.4, -0.2) is 31.2 Å². The van der Waals surface area contributed by atoms with Crippen LogP contribution in [0.5, 0.6) is 0 Å². The van der Waals surface area contributed by atoms with Crippen molar-refractivity contribution in [3.05, 3.63) is 35.9 Å². The first-order valence-electron chi connectivity index (χ1n) is 6.77. The highest BCUT2D eigenvalue weighted by atomic mass is 16.6. The molecule has 1 atom stereocenters. The van der Waals surface area contributed by atoms with Crippen LogP contribution in [-0.2, 0) is 4.74 Å². The fourth-order valence-electron chi connectivity index (χ4n) is 3.26. The molecular formula is C15H17N2O2+. The predicted molar refractivity (Wildman–Crippen MR) is 68.5 cm³/mol. The van der Waals surface area contributed by atoms with Crippen LogP contribution < -0.4 is 4.90 Å². The molecule has 0 spiro atoms. The number of quaternary nitrogens is 1. The molecule has 19 heavy (non-hydrogen) atoms. The van der Waals surface area contributed by atoms with Gasteiger partial charge in [0.05, 0.1) is 18.7 Å². The molecule has 1 N–H and O–H groups in total. The van der Waals surface area contributed by atoms with Crippen LogP contribution in [0.4, 0.5) is 0 Å². The lowest BCUT2D eigenvalue weighted by Gasteiger charge is -2.45. The van der Waals surface area contributed by atoms with Crippen LogP contribution in [0.1, 0.15) is 23.2 Å². The monoisotopic (exact) mass is 257 g/mol. The van der Waals surface area contributed by atoms with Crippen molar-refractivity contribution < 1.29 is 14.4 Å². The molecule has 4 rings (SSSR count). The number of ether oxygens (including phenoxy) is 1. The molecule has 0 saturated carbocycles. The molecule has 98 valence electrons. The van der Waals surface area contributed by atoms with Crippen LogP contribution in [0.3, 0.4) is 0 Å². The highest BCUT2D eigenvalue weighted by Crippen LogP contribution is 2.31. The zero-order chi connectivity index (χ0) is 13.3. The van der Waals surface area contributed by atoms with Crippen LogP contribution >= 0.6 is 0 Å². The second-order valence-electron chi connectivity index (χ2n) is 5.46. The number of rotatable bonds is 2. The number of esters is 1. The van der Waals surface area contributed by atoms with E-state index in [0.29, 0.717) is 12.1 Å². The Bertz CT molecular complexity index is 515. The molecule has 3 fully saturated rings. The molecule has 0 aromatic heterocycles. The van der Waals surface area contributed by atoms with E-state index < -0.39 is 5.60 Å². The van der Waals surface area contributed by atoms with Gasteiger partial charge in [-0.1, -0.05) is 18.2 Å². The van der Waals surface area contributed by atoms with Crippen LogP contribution in [0.2, 0.25) is 0 Å². The maximum Gasteiger partial charge on any atom is 0.339 e. The van der Waals surface area contributed by atoms with Crippen molar-refractivity contribution in [1.29, 1.82) is 5.26 Å². The van der Waals surface area contributed by atoms with E-state index in [1.54, 1.807) is 24.3 Å². The van der Waals surface area contributed by atoms with Gasteiger partial charge in [0.2, 0.25) is 5.60 Å². The Kier molecular flexibility index (Phi) is 3.00. The van der Waals surface area contributed by atoms with E-state index in [4.69, 9.17) is 4.74 Å². The van der Waals surface area contributed by atoms with Crippen molar-refractivity contribution in [2.75, 3.05) is 19.6 Å². The van der Waals surface area contributed by atoms with Crippen LogP contribution in [0, 0.1) is 17.2 Å². The lowest BCUT2D eigenvalue weighted by Crippen LogP contribution is -3.17. The van der Waals surface area contributed by atoms with E-state index >= 15 is 0 Å². The summed E-state index contributed by atoms with van der Waals surface area (Å²) in [6, 6.07) is 11.2. The normalized spacial score (nSPS) is 32.6. The molecule has 0 radical (unpaired) electrons. The quantitative estimate of drug-likeness (QED) is 0.781. The first-order chi connectivity index (χ1) is 9.23. The summed E-state index contributed by atoms with van der Waals surface area (Å²) in [5, 5.41) is 9.52. The summed E-state index contributed by atoms with van der Waals surface area (Å²) in [6.45, 7) is 2.82. The van der Waals surface area contributed by atoms with Gasteiger partial charge < -0.3 is 9.64 Å². The number of benzene rings is 1. The van der Waals surface area contributed by atoms with Gasteiger partial charge in [0.1, 0.15) is 12.6 Å². The van der Waals surface area contributed by atoms with E-state index in [-0.39, 0.29) is 11.9 Å². The second kappa shape index (κ2) is 4.67.